The van der Waals surface area contributed by atoms with Crippen LogP contribution in [0.2, 0.25) is 0 Å². The number of amides is 1. The summed E-state index contributed by atoms with van der Waals surface area (Å²) < 4.78 is 5.41. The van der Waals surface area contributed by atoms with Crippen LogP contribution in [-0.4, -0.2) is 55.7 Å². The molecule has 1 heterocycles. The number of rotatable bonds is 7. The zero-order chi connectivity index (χ0) is 19.3. The van der Waals surface area contributed by atoms with Crippen LogP contribution >= 0.6 is 0 Å². The highest BCUT2D eigenvalue weighted by Gasteiger charge is 2.35. The second-order valence-electron chi connectivity index (χ2n) is 8.83. The molecule has 0 unspecified atom stereocenters. The van der Waals surface area contributed by atoms with Crippen molar-refractivity contribution in [2.24, 2.45) is 5.92 Å². The van der Waals surface area contributed by atoms with Crippen molar-refractivity contribution < 1.29 is 9.53 Å². The van der Waals surface area contributed by atoms with E-state index in [1.807, 2.05) is 12.1 Å². The third kappa shape index (κ3) is 5.26. The first-order chi connectivity index (χ1) is 13.7. The summed E-state index contributed by atoms with van der Waals surface area (Å²) in [5.74, 6) is 1.01. The van der Waals surface area contributed by atoms with Gasteiger partial charge in [-0.05, 0) is 68.7 Å². The normalized spacial score (nSPS) is 25.7. The Balaban J connectivity index is 1.25. The second kappa shape index (κ2) is 9.27. The quantitative estimate of drug-likeness (QED) is 0.773. The molecule has 1 aromatic rings. The van der Waals surface area contributed by atoms with Crippen LogP contribution in [0.4, 0.5) is 11.4 Å². The van der Waals surface area contributed by atoms with E-state index in [-0.39, 0.29) is 5.91 Å². The molecule has 0 atom stereocenters. The number of nitrogens with one attached hydrogen (secondary N) is 1. The zero-order valence-corrected chi connectivity index (χ0v) is 17.2. The molecule has 0 radical (unpaired) electrons. The van der Waals surface area contributed by atoms with Gasteiger partial charge in [-0.25, -0.2) is 0 Å². The molecule has 3 aliphatic rings. The number of morpholine rings is 1. The van der Waals surface area contributed by atoms with E-state index < -0.39 is 0 Å². The maximum absolute atomic E-state index is 12.5. The number of benzene rings is 1. The van der Waals surface area contributed by atoms with Crippen molar-refractivity contribution in [2.45, 2.75) is 64.0 Å². The van der Waals surface area contributed by atoms with Gasteiger partial charge in [0.05, 0.1) is 13.2 Å². The summed E-state index contributed by atoms with van der Waals surface area (Å²) in [4.78, 5) is 17.5. The van der Waals surface area contributed by atoms with Crippen molar-refractivity contribution in [2.75, 3.05) is 43.1 Å². The lowest BCUT2D eigenvalue weighted by atomic mass is 9.86. The standard InChI is InChI=1S/C23H35N3O2/c1-18-2-6-21(7-3-18)26(22-10-11-22)13-12-23(27)24-19-4-8-20(9-5-19)25-14-16-28-17-15-25/h4-5,8-9,18,21-22H,2-3,6-7,10-17H2,1H3,(H,24,27). The van der Waals surface area contributed by atoms with Crippen molar-refractivity contribution in [1.29, 1.82) is 0 Å². The summed E-state index contributed by atoms with van der Waals surface area (Å²) in [5, 5.41) is 3.09. The zero-order valence-electron chi connectivity index (χ0n) is 17.2. The number of carbonyl (C=O) groups excluding carboxylic acids is 1. The van der Waals surface area contributed by atoms with Crippen molar-refractivity contribution in [3.63, 3.8) is 0 Å². The molecule has 1 N–H and O–H groups in total. The molecule has 28 heavy (non-hydrogen) atoms. The van der Waals surface area contributed by atoms with Crippen LogP contribution in [0.15, 0.2) is 24.3 Å². The molecule has 1 amide bonds. The Morgan fingerprint density at radius 3 is 2.25 bits per heavy atom. The van der Waals surface area contributed by atoms with Gasteiger partial charge in [-0.1, -0.05) is 6.92 Å². The average molecular weight is 386 g/mol. The summed E-state index contributed by atoms with van der Waals surface area (Å²) in [6.45, 7) is 6.72. The summed E-state index contributed by atoms with van der Waals surface area (Å²) in [7, 11) is 0. The van der Waals surface area contributed by atoms with Crippen molar-refractivity contribution >= 4 is 17.3 Å². The molecule has 0 spiro atoms. The van der Waals surface area contributed by atoms with Gasteiger partial charge in [0.2, 0.25) is 5.91 Å². The lowest BCUT2D eigenvalue weighted by molar-refractivity contribution is -0.116. The number of anilines is 2. The van der Waals surface area contributed by atoms with E-state index in [0.29, 0.717) is 12.5 Å². The van der Waals surface area contributed by atoms with E-state index in [2.05, 4.69) is 34.2 Å². The molecule has 3 fully saturated rings. The summed E-state index contributed by atoms with van der Waals surface area (Å²) >= 11 is 0. The van der Waals surface area contributed by atoms with Crippen LogP contribution in [0.1, 0.15) is 51.9 Å². The molecule has 5 nitrogen and oxygen atoms in total. The topological polar surface area (TPSA) is 44.8 Å². The van der Waals surface area contributed by atoms with Crippen molar-refractivity contribution in [3.05, 3.63) is 24.3 Å². The third-order valence-corrected chi connectivity index (χ3v) is 6.59. The van der Waals surface area contributed by atoms with Crippen LogP contribution in [-0.2, 0) is 9.53 Å². The van der Waals surface area contributed by atoms with Gasteiger partial charge >= 0.3 is 0 Å². The molecule has 1 saturated heterocycles. The Morgan fingerprint density at radius 2 is 1.64 bits per heavy atom. The van der Waals surface area contributed by atoms with E-state index >= 15 is 0 Å². The van der Waals surface area contributed by atoms with Gasteiger partial charge in [0.1, 0.15) is 0 Å². The molecule has 1 aromatic carbocycles. The molecule has 2 aliphatic carbocycles. The predicted octanol–water partition coefficient (Wildman–Crippen LogP) is 3.89. The monoisotopic (exact) mass is 385 g/mol. The third-order valence-electron chi connectivity index (χ3n) is 6.59. The first kappa shape index (κ1) is 19.7. The lowest BCUT2D eigenvalue weighted by Gasteiger charge is -2.36. The minimum atomic E-state index is 0.133. The molecule has 0 aromatic heterocycles. The van der Waals surface area contributed by atoms with E-state index in [4.69, 9.17) is 4.74 Å². The van der Waals surface area contributed by atoms with Gasteiger partial charge in [-0.3, -0.25) is 9.69 Å². The largest absolute Gasteiger partial charge is 0.378 e. The Hall–Kier alpha value is -1.59. The Bertz CT molecular complexity index is 630. The molecule has 5 heteroatoms. The summed E-state index contributed by atoms with van der Waals surface area (Å²) in [6.07, 6.45) is 8.52. The highest BCUT2D eigenvalue weighted by atomic mass is 16.5. The Morgan fingerprint density at radius 1 is 1.04 bits per heavy atom. The van der Waals surface area contributed by atoms with E-state index in [9.17, 15) is 4.79 Å². The maximum Gasteiger partial charge on any atom is 0.225 e. The molecule has 0 bridgehead atoms. The first-order valence-corrected chi connectivity index (χ1v) is 11.2. The van der Waals surface area contributed by atoms with Crippen LogP contribution in [0.25, 0.3) is 0 Å². The van der Waals surface area contributed by atoms with Crippen molar-refractivity contribution in [3.8, 4) is 0 Å². The molecule has 1 aliphatic heterocycles. The summed E-state index contributed by atoms with van der Waals surface area (Å²) in [5.41, 5.74) is 2.10. The maximum atomic E-state index is 12.5. The van der Waals surface area contributed by atoms with Crippen LogP contribution in [0, 0.1) is 5.92 Å². The highest BCUT2D eigenvalue weighted by molar-refractivity contribution is 5.91. The predicted molar refractivity (Wildman–Crippen MR) is 114 cm³/mol. The number of ether oxygens (including phenoxy) is 1. The smallest absolute Gasteiger partial charge is 0.225 e. The van der Waals surface area contributed by atoms with Gasteiger partial charge < -0.3 is 15.0 Å². The molecule has 4 rings (SSSR count). The first-order valence-electron chi connectivity index (χ1n) is 11.2. The fourth-order valence-electron chi connectivity index (χ4n) is 4.67. The molecule has 154 valence electrons. The second-order valence-corrected chi connectivity index (χ2v) is 8.83. The number of nitrogens with zero attached hydrogens (tertiary/aromatic N) is 2. The molecular weight excluding hydrogens is 350 g/mol. The fourth-order valence-corrected chi connectivity index (χ4v) is 4.67. The van der Waals surface area contributed by atoms with Crippen LogP contribution < -0.4 is 10.2 Å². The molecule has 2 saturated carbocycles. The minimum absolute atomic E-state index is 0.133. The Labute approximate surface area is 169 Å². The summed E-state index contributed by atoms with van der Waals surface area (Å²) in [6, 6.07) is 9.66. The highest BCUT2D eigenvalue weighted by Crippen LogP contribution is 2.35. The van der Waals surface area contributed by atoms with Crippen molar-refractivity contribution in [1.82, 2.24) is 4.90 Å². The van der Waals surface area contributed by atoms with Gasteiger partial charge in [0.25, 0.3) is 0 Å². The van der Waals surface area contributed by atoms with Gasteiger partial charge in [-0.2, -0.15) is 0 Å². The van der Waals surface area contributed by atoms with E-state index in [1.54, 1.807) is 0 Å². The number of carbonyl (C=O) groups is 1. The minimum Gasteiger partial charge on any atom is -0.378 e. The SMILES string of the molecule is CC1CCC(N(CCC(=O)Nc2ccc(N3CCOCC3)cc2)C2CC2)CC1. The van der Waals surface area contributed by atoms with Gasteiger partial charge in [0.15, 0.2) is 0 Å². The average Bonchev–Trinajstić information content (AvgIpc) is 3.56. The van der Waals surface area contributed by atoms with E-state index in [1.165, 1.54) is 44.2 Å². The number of hydrogen-bond donors (Lipinski definition) is 1. The molecular formula is C23H35N3O2. The Kier molecular flexibility index (Phi) is 6.53. The number of hydrogen-bond acceptors (Lipinski definition) is 4. The fraction of sp³-hybridized carbons (Fsp3) is 0.696. The van der Waals surface area contributed by atoms with Crippen LogP contribution in [0.3, 0.4) is 0 Å². The lowest BCUT2D eigenvalue weighted by Crippen LogP contribution is -2.41. The van der Waals surface area contributed by atoms with E-state index in [0.717, 1.165) is 50.5 Å². The van der Waals surface area contributed by atoms with Gasteiger partial charge in [-0.15, -0.1) is 0 Å². The van der Waals surface area contributed by atoms with Crippen LogP contribution in [0.5, 0.6) is 0 Å². The van der Waals surface area contributed by atoms with Gasteiger partial charge in [0, 0.05) is 49.5 Å².